The Kier molecular flexibility index (Phi) is 3.27. The van der Waals surface area contributed by atoms with Crippen LogP contribution in [0.3, 0.4) is 0 Å². The van der Waals surface area contributed by atoms with Crippen molar-refractivity contribution in [2.24, 2.45) is 0 Å². The summed E-state index contributed by atoms with van der Waals surface area (Å²) < 4.78 is 1.88. The average molecular weight is 275 g/mol. The van der Waals surface area contributed by atoms with Crippen molar-refractivity contribution in [2.75, 3.05) is 13.2 Å². The molecule has 1 amide bonds. The highest BCUT2D eigenvalue weighted by Crippen LogP contribution is 2.11. The van der Waals surface area contributed by atoms with Gasteiger partial charge in [0.1, 0.15) is 0 Å². The van der Waals surface area contributed by atoms with Crippen LogP contribution < -0.4 is 0 Å². The minimum atomic E-state index is -0.196. The molecule has 1 N–H and O–H groups in total. The fourth-order valence-corrected chi connectivity index (χ4v) is 2.28. The SMILES string of the molecule is Cc1cc(C)n(Cc2cc(C(=O)N3CCCO3)n[nH]2)n1. The number of aromatic amines is 1. The van der Waals surface area contributed by atoms with E-state index in [2.05, 4.69) is 15.3 Å². The lowest BCUT2D eigenvalue weighted by atomic mass is 10.3. The molecular weight excluding hydrogens is 258 g/mol. The number of aromatic nitrogens is 4. The smallest absolute Gasteiger partial charge is 0.280 e. The van der Waals surface area contributed by atoms with Crippen LogP contribution in [0.5, 0.6) is 0 Å². The predicted molar refractivity (Wildman–Crippen MR) is 71.0 cm³/mol. The highest BCUT2D eigenvalue weighted by Gasteiger charge is 2.23. The molecule has 2 aromatic heterocycles. The second-order valence-electron chi connectivity index (χ2n) is 4.96. The van der Waals surface area contributed by atoms with E-state index in [0.29, 0.717) is 25.4 Å². The van der Waals surface area contributed by atoms with Crippen molar-refractivity contribution >= 4 is 5.91 Å². The number of carbonyl (C=O) groups excluding carboxylic acids is 1. The van der Waals surface area contributed by atoms with Crippen molar-refractivity contribution < 1.29 is 9.63 Å². The average Bonchev–Trinajstić information content (AvgIpc) is 3.12. The van der Waals surface area contributed by atoms with Crippen molar-refractivity contribution in [3.05, 3.63) is 34.9 Å². The number of amides is 1. The van der Waals surface area contributed by atoms with Gasteiger partial charge in [-0.15, -0.1) is 0 Å². The summed E-state index contributed by atoms with van der Waals surface area (Å²) in [7, 11) is 0. The summed E-state index contributed by atoms with van der Waals surface area (Å²) in [4.78, 5) is 17.3. The van der Waals surface area contributed by atoms with Crippen LogP contribution in [-0.2, 0) is 11.4 Å². The van der Waals surface area contributed by atoms with E-state index in [1.807, 2.05) is 24.6 Å². The van der Waals surface area contributed by atoms with Gasteiger partial charge >= 0.3 is 0 Å². The number of hydrogen-bond acceptors (Lipinski definition) is 4. The summed E-state index contributed by atoms with van der Waals surface area (Å²) in [6.45, 7) is 5.74. The van der Waals surface area contributed by atoms with Gasteiger partial charge in [-0.3, -0.25) is 19.4 Å². The topological polar surface area (TPSA) is 76.0 Å². The van der Waals surface area contributed by atoms with Gasteiger partial charge in [0, 0.05) is 5.69 Å². The van der Waals surface area contributed by atoms with Crippen LogP contribution in [0.15, 0.2) is 12.1 Å². The van der Waals surface area contributed by atoms with Crippen molar-refractivity contribution in [3.8, 4) is 0 Å². The van der Waals surface area contributed by atoms with Crippen molar-refractivity contribution in [1.82, 2.24) is 25.0 Å². The molecule has 1 aliphatic rings. The monoisotopic (exact) mass is 275 g/mol. The molecule has 1 fully saturated rings. The van der Waals surface area contributed by atoms with E-state index in [-0.39, 0.29) is 5.91 Å². The normalized spacial score (nSPS) is 15.0. The fourth-order valence-electron chi connectivity index (χ4n) is 2.28. The molecule has 0 saturated carbocycles. The zero-order chi connectivity index (χ0) is 14.1. The third-order valence-corrected chi connectivity index (χ3v) is 3.25. The second-order valence-corrected chi connectivity index (χ2v) is 4.96. The summed E-state index contributed by atoms with van der Waals surface area (Å²) in [5.74, 6) is -0.196. The van der Waals surface area contributed by atoms with Gasteiger partial charge in [-0.1, -0.05) is 0 Å². The fraction of sp³-hybridized carbons (Fsp3) is 0.462. The van der Waals surface area contributed by atoms with Gasteiger partial charge < -0.3 is 0 Å². The van der Waals surface area contributed by atoms with E-state index in [1.54, 1.807) is 6.07 Å². The van der Waals surface area contributed by atoms with Gasteiger partial charge in [0.25, 0.3) is 5.91 Å². The standard InChI is InChI=1S/C13H17N5O2/c1-9-6-10(2)17(16-9)8-11-7-12(15-14-11)13(19)18-4-3-5-20-18/h6-7H,3-5,8H2,1-2H3,(H,14,15). The summed E-state index contributed by atoms with van der Waals surface area (Å²) in [5, 5.41) is 12.7. The highest BCUT2D eigenvalue weighted by atomic mass is 16.7. The lowest BCUT2D eigenvalue weighted by molar-refractivity contribution is -0.0771. The molecule has 0 aromatic carbocycles. The number of carbonyl (C=O) groups is 1. The molecular formula is C13H17N5O2. The number of nitrogens with zero attached hydrogens (tertiary/aromatic N) is 4. The maximum Gasteiger partial charge on any atom is 0.297 e. The van der Waals surface area contributed by atoms with Crippen LogP contribution >= 0.6 is 0 Å². The Morgan fingerprint density at radius 2 is 2.30 bits per heavy atom. The van der Waals surface area contributed by atoms with E-state index in [4.69, 9.17) is 4.84 Å². The Balaban J connectivity index is 1.73. The van der Waals surface area contributed by atoms with E-state index in [0.717, 1.165) is 23.5 Å². The summed E-state index contributed by atoms with van der Waals surface area (Å²) in [5.41, 5.74) is 3.28. The van der Waals surface area contributed by atoms with Crippen LogP contribution in [0.2, 0.25) is 0 Å². The molecule has 0 spiro atoms. The molecule has 106 valence electrons. The zero-order valence-corrected chi connectivity index (χ0v) is 11.6. The largest absolute Gasteiger partial charge is 0.297 e. The summed E-state index contributed by atoms with van der Waals surface area (Å²) >= 11 is 0. The van der Waals surface area contributed by atoms with Crippen LogP contribution in [0.1, 0.15) is 34.0 Å². The molecule has 1 saturated heterocycles. The zero-order valence-electron chi connectivity index (χ0n) is 11.6. The molecule has 0 bridgehead atoms. The molecule has 2 aromatic rings. The number of hydroxylamine groups is 2. The Labute approximate surface area is 116 Å². The first-order chi connectivity index (χ1) is 9.63. The summed E-state index contributed by atoms with van der Waals surface area (Å²) in [6.07, 6.45) is 0.870. The third kappa shape index (κ3) is 2.44. The molecule has 7 nitrogen and oxygen atoms in total. The Bertz CT molecular complexity index is 624. The number of H-pyrrole nitrogens is 1. The van der Waals surface area contributed by atoms with Crippen LogP contribution in [0, 0.1) is 13.8 Å². The third-order valence-electron chi connectivity index (χ3n) is 3.25. The van der Waals surface area contributed by atoms with E-state index in [1.165, 1.54) is 5.06 Å². The maximum atomic E-state index is 12.1. The molecule has 1 aliphatic heterocycles. The van der Waals surface area contributed by atoms with Gasteiger partial charge in [-0.2, -0.15) is 10.2 Å². The van der Waals surface area contributed by atoms with Crippen molar-refractivity contribution in [1.29, 1.82) is 0 Å². The van der Waals surface area contributed by atoms with Crippen molar-refractivity contribution in [2.45, 2.75) is 26.8 Å². The van der Waals surface area contributed by atoms with E-state index in [9.17, 15) is 4.79 Å². The minimum absolute atomic E-state index is 0.196. The first-order valence-corrected chi connectivity index (χ1v) is 6.63. The molecule has 20 heavy (non-hydrogen) atoms. The first kappa shape index (κ1) is 12.9. The second kappa shape index (κ2) is 5.09. The van der Waals surface area contributed by atoms with Crippen molar-refractivity contribution in [3.63, 3.8) is 0 Å². The van der Waals surface area contributed by atoms with Crippen LogP contribution in [-0.4, -0.2) is 44.1 Å². The predicted octanol–water partition coefficient (Wildman–Crippen LogP) is 1.05. The molecule has 3 rings (SSSR count). The maximum absolute atomic E-state index is 12.1. The number of aryl methyl sites for hydroxylation is 2. The minimum Gasteiger partial charge on any atom is -0.280 e. The Morgan fingerprint density at radius 3 is 2.95 bits per heavy atom. The van der Waals surface area contributed by atoms with Crippen LogP contribution in [0.25, 0.3) is 0 Å². The summed E-state index contributed by atoms with van der Waals surface area (Å²) in [6, 6.07) is 3.76. The van der Waals surface area contributed by atoms with E-state index >= 15 is 0 Å². The Hall–Kier alpha value is -2.15. The van der Waals surface area contributed by atoms with E-state index < -0.39 is 0 Å². The molecule has 0 radical (unpaired) electrons. The van der Waals surface area contributed by atoms with Gasteiger partial charge in [-0.25, -0.2) is 5.06 Å². The molecule has 0 atom stereocenters. The molecule has 3 heterocycles. The first-order valence-electron chi connectivity index (χ1n) is 6.63. The lowest BCUT2D eigenvalue weighted by Crippen LogP contribution is -2.26. The Morgan fingerprint density at radius 1 is 1.45 bits per heavy atom. The molecule has 0 aliphatic carbocycles. The number of rotatable bonds is 3. The van der Waals surface area contributed by atoms with Crippen LogP contribution in [0.4, 0.5) is 0 Å². The van der Waals surface area contributed by atoms with Gasteiger partial charge in [-0.05, 0) is 32.4 Å². The van der Waals surface area contributed by atoms with Gasteiger partial charge in [0.15, 0.2) is 5.69 Å². The van der Waals surface area contributed by atoms with Gasteiger partial charge in [0.05, 0.1) is 31.1 Å². The lowest BCUT2D eigenvalue weighted by Gasteiger charge is -2.11. The molecule has 0 unspecified atom stereocenters. The molecule has 7 heteroatoms. The van der Waals surface area contributed by atoms with Gasteiger partial charge in [0.2, 0.25) is 0 Å². The number of hydrogen-bond donors (Lipinski definition) is 1. The highest BCUT2D eigenvalue weighted by molar-refractivity contribution is 5.91. The quantitative estimate of drug-likeness (QED) is 0.908. The number of nitrogens with one attached hydrogen (secondary N) is 1.